The molecular formula is C24H19N3O4S. The van der Waals surface area contributed by atoms with Crippen LogP contribution in [0.4, 0.5) is 5.69 Å². The maximum Gasteiger partial charge on any atom is 0.271 e. The van der Waals surface area contributed by atoms with Gasteiger partial charge in [0.1, 0.15) is 23.3 Å². The van der Waals surface area contributed by atoms with E-state index in [-0.39, 0.29) is 11.5 Å². The molecule has 1 atom stereocenters. The van der Waals surface area contributed by atoms with Crippen LogP contribution in [0.3, 0.4) is 0 Å². The number of furan rings is 2. The van der Waals surface area contributed by atoms with Crippen LogP contribution in [0.1, 0.15) is 30.2 Å². The fourth-order valence-corrected chi connectivity index (χ4v) is 4.73. The normalized spacial score (nSPS) is 16.1. The van der Waals surface area contributed by atoms with Crippen molar-refractivity contribution in [3.05, 3.63) is 109 Å². The van der Waals surface area contributed by atoms with Gasteiger partial charge in [-0.2, -0.15) is 0 Å². The second-order valence-electron chi connectivity index (χ2n) is 7.37. The molecule has 32 heavy (non-hydrogen) atoms. The van der Waals surface area contributed by atoms with E-state index in [0.717, 1.165) is 0 Å². The van der Waals surface area contributed by atoms with Crippen LogP contribution in [0.25, 0.3) is 6.08 Å². The maximum atomic E-state index is 13.4. The second kappa shape index (κ2) is 7.97. The molecule has 1 unspecified atom stereocenters. The summed E-state index contributed by atoms with van der Waals surface area (Å²) in [4.78, 5) is 31.8. The Morgan fingerprint density at radius 2 is 1.94 bits per heavy atom. The van der Waals surface area contributed by atoms with Crippen LogP contribution in [0.5, 0.6) is 0 Å². The van der Waals surface area contributed by atoms with Gasteiger partial charge in [-0.3, -0.25) is 14.2 Å². The number of aryl methyl sites for hydroxylation is 1. The van der Waals surface area contributed by atoms with Crippen molar-refractivity contribution in [1.82, 2.24) is 4.57 Å². The van der Waals surface area contributed by atoms with Crippen molar-refractivity contribution in [1.29, 1.82) is 0 Å². The molecule has 160 valence electrons. The Bertz CT molecular complexity index is 1510. The predicted octanol–water partition coefficient (Wildman–Crippen LogP) is 3.37. The Kier molecular flexibility index (Phi) is 4.99. The number of thiazole rings is 1. The SMILES string of the molecule is CC1=C(C(=O)Nc2ccccc2)C(c2ccc(C)o2)n2c(s/c(=C/c3ccco3)c2=O)=N1. The lowest BCUT2D eigenvalue weighted by Crippen LogP contribution is -2.40. The molecule has 7 nitrogen and oxygen atoms in total. The number of rotatable bonds is 4. The monoisotopic (exact) mass is 445 g/mol. The van der Waals surface area contributed by atoms with E-state index in [4.69, 9.17) is 8.83 Å². The molecule has 4 heterocycles. The van der Waals surface area contributed by atoms with Crippen molar-refractivity contribution in [2.75, 3.05) is 5.32 Å². The third-order valence-electron chi connectivity index (χ3n) is 5.15. The van der Waals surface area contributed by atoms with Gasteiger partial charge in [-0.05, 0) is 50.2 Å². The van der Waals surface area contributed by atoms with Crippen molar-refractivity contribution in [3.8, 4) is 0 Å². The quantitative estimate of drug-likeness (QED) is 0.522. The van der Waals surface area contributed by atoms with E-state index < -0.39 is 6.04 Å². The smallest absolute Gasteiger partial charge is 0.271 e. The summed E-state index contributed by atoms with van der Waals surface area (Å²) in [6, 6.07) is 15.6. The number of aromatic nitrogens is 1. The van der Waals surface area contributed by atoms with E-state index in [9.17, 15) is 9.59 Å². The summed E-state index contributed by atoms with van der Waals surface area (Å²) < 4.78 is 13.2. The number of nitrogens with one attached hydrogen (secondary N) is 1. The highest BCUT2D eigenvalue weighted by Crippen LogP contribution is 2.31. The molecule has 0 saturated heterocycles. The molecule has 1 aliphatic heterocycles. The minimum Gasteiger partial charge on any atom is -0.465 e. The first-order chi connectivity index (χ1) is 15.5. The summed E-state index contributed by atoms with van der Waals surface area (Å²) in [5, 5.41) is 2.91. The number of carbonyl (C=O) groups is 1. The van der Waals surface area contributed by atoms with Crippen LogP contribution >= 0.6 is 11.3 Å². The van der Waals surface area contributed by atoms with Gasteiger partial charge >= 0.3 is 0 Å². The Morgan fingerprint density at radius 1 is 1.12 bits per heavy atom. The Hall–Kier alpha value is -3.91. The number of nitrogens with zero attached hydrogens (tertiary/aromatic N) is 2. The molecule has 0 radical (unpaired) electrons. The van der Waals surface area contributed by atoms with E-state index in [1.165, 1.54) is 15.9 Å². The highest BCUT2D eigenvalue weighted by molar-refractivity contribution is 7.07. The molecule has 0 aliphatic carbocycles. The van der Waals surface area contributed by atoms with Gasteiger partial charge in [-0.15, -0.1) is 0 Å². The lowest BCUT2D eigenvalue weighted by molar-refractivity contribution is -0.113. The molecule has 0 fully saturated rings. The second-order valence-corrected chi connectivity index (χ2v) is 8.37. The third-order valence-corrected chi connectivity index (χ3v) is 6.13. The molecule has 1 aromatic carbocycles. The number of hydrogen-bond donors (Lipinski definition) is 1. The molecule has 0 saturated carbocycles. The van der Waals surface area contributed by atoms with Crippen molar-refractivity contribution in [2.45, 2.75) is 19.9 Å². The number of para-hydroxylation sites is 1. The van der Waals surface area contributed by atoms with E-state index in [1.54, 1.807) is 49.6 Å². The minimum absolute atomic E-state index is 0.262. The van der Waals surface area contributed by atoms with Crippen molar-refractivity contribution in [2.24, 2.45) is 4.99 Å². The lowest BCUT2D eigenvalue weighted by atomic mass is 10.00. The van der Waals surface area contributed by atoms with Gasteiger partial charge in [0.25, 0.3) is 11.5 Å². The van der Waals surface area contributed by atoms with Crippen LogP contribution in [0.2, 0.25) is 0 Å². The summed E-state index contributed by atoms with van der Waals surface area (Å²) in [5.41, 5.74) is 1.28. The molecule has 0 spiro atoms. The molecule has 1 N–H and O–H groups in total. The Morgan fingerprint density at radius 3 is 2.62 bits per heavy atom. The zero-order chi connectivity index (χ0) is 22.2. The van der Waals surface area contributed by atoms with E-state index in [2.05, 4.69) is 10.3 Å². The maximum absolute atomic E-state index is 13.4. The van der Waals surface area contributed by atoms with Crippen molar-refractivity contribution >= 4 is 29.0 Å². The van der Waals surface area contributed by atoms with Gasteiger partial charge in [-0.25, -0.2) is 4.99 Å². The first-order valence-corrected chi connectivity index (χ1v) is 10.8. The number of hydrogen-bond acceptors (Lipinski definition) is 6. The summed E-state index contributed by atoms with van der Waals surface area (Å²) in [5.74, 6) is 1.42. The number of allylic oxidation sites excluding steroid dienone is 1. The Labute approximate surface area is 186 Å². The highest BCUT2D eigenvalue weighted by Gasteiger charge is 2.34. The number of anilines is 1. The molecule has 8 heteroatoms. The molecular weight excluding hydrogens is 426 g/mol. The average molecular weight is 446 g/mol. The lowest BCUT2D eigenvalue weighted by Gasteiger charge is -2.23. The fourth-order valence-electron chi connectivity index (χ4n) is 3.70. The molecule has 1 aliphatic rings. The number of amides is 1. The molecule has 4 aromatic rings. The van der Waals surface area contributed by atoms with Crippen LogP contribution < -0.4 is 20.2 Å². The molecule has 5 rings (SSSR count). The first-order valence-electron chi connectivity index (χ1n) is 10.00. The van der Waals surface area contributed by atoms with Crippen LogP contribution in [0.15, 0.2) is 90.8 Å². The standard InChI is InChI=1S/C24H19N3O4S/c1-14-10-11-18(31-14)21-20(22(28)26-16-7-4-3-5-8-16)15(2)25-24-27(21)23(29)19(32-24)13-17-9-6-12-30-17/h3-13,21H,1-2H3,(H,26,28)/b19-13+. The van der Waals surface area contributed by atoms with Crippen molar-refractivity contribution < 1.29 is 13.6 Å². The summed E-state index contributed by atoms with van der Waals surface area (Å²) >= 11 is 1.25. The van der Waals surface area contributed by atoms with Gasteiger partial charge in [0.05, 0.1) is 22.1 Å². The van der Waals surface area contributed by atoms with Crippen LogP contribution in [-0.4, -0.2) is 10.5 Å². The zero-order valence-corrected chi connectivity index (χ0v) is 18.2. The van der Waals surface area contributed by atoms with Crippen LogP contribution in [-0.2, 0) is 4.79 Å². The number of fused-ring (bicyclic) bond motifs is 1. The molecule has 1 amide bonds. The van der Waals surface area contributed by atoms with E-state index in [1.807, 2.05) is 31.2 Å². The summed E-state index contributed by atoms with van der Waals surface area (Å²) in [7, 11) is 0. The van der Waals surface area contributed by atoms with Gasteiger partial charge < -0.3 is 14.2 Å². The molecule has 0 bridgehead atoms. The van der Waals surface area contributed by atoms with E-state index in [0.29, 0.717) is 43.6 Å². The number of benzene rings is 1. The van der Waals surface area contributed by atoms with Crippen LogP contribution in [0, 0.1) is 6.92 Å². The Balaban J connectivity index is 1.68. The van der Waals surface area contributed by atoms with Gasteiger partial charge in [0.15, 0.2) is 4.80 Å². The largest absolute Gasteiger partial charge is 0.465 e. The average Bonchev–Trinajstić information content (AvgIpc) is 3.50. The predicted molar refractivity (Wildman–Crippen MR) is 121 cm³/mol. The van der Waals surface area contributed by atoms with E-state index >= 15 is 0 Å². The summed E-state index contributed by atoms with van der Waals surface area (Å²) in [6.07, 6.45) is 3.23. The first kappa shape index (κ1) is 20.0. The third kappa shape index (κ3) is 3.54. The summed E-state index contributed by atoms with van der Waals surface area (Å²) in [6.45, 7) is 3.59. The molecule has 3 aromatic heterocycles. The number of carbonyl (C=O) groups excluding carboxylic acids is 1. The minimum atomic E-state index is -0.734. The highest BCUT2D eigenvalue weighted by atomic mass is 32.1. The fraction of sp³-hybridized carbons (Fsp3) is 0.125. The van der Waals surface area contributed by atoms with Gasteiger partial charge in [0, 0.05) is 11.8 Å². The van der Waals surface area contributed by atoms with Gasteiger partial charge in [0.2, 0.25) is 0 Å². The van der Waals surface area contributed by atoms with Gasteiger partial charge in [-0.1, -0.05) is 29.5 Å². The zero-order valence-electron chi connectivity index (χ0n) is 17.4. The van der Waals surface area contributed by atoms with Crippen molar-refractivity contribution in [3.63, 3.8) is 0 Å². The topological polar surface area (TPSA) is 89.7 Å².